The first-order valence-electron chi connectivity index (χ1n) is 3.65. The van der Waals surface area contributed by atoms with E-state index in [-0.39, 0.29) is 12.6 Å². The molecule has 0 heterocycles. The van der Waals surface area contributed by atoms with Gasteiger partial charge in [-0.05, 0) is 0 Å². The number of aliphatic hydroxyl groups is 1. The summed E-state index contributed by atoms with van der Waals surface area (Å²) in [7, 11) is -1.09. The molecule has 1 atom stereocenters. The molecule has 0 aliphatic rings. The van der Waals surface area contributed by atoms with Gasteiger partial charge >= 0.3 is 7.60 Å². The van der Waals surface area contributed by atoms with Crippen molar-refractivity contribution in [2.45, 2.75) is 6.42 Å². The Hall–Kier alpha value is -0.420. The summed E-state index contributed by atoms with van der Waals surface area (Å²) in [5, 5.41) is 8.53. The molecule has 78 valence electrons. The van der Waals surface area contributed by atoms with E-state index in [9.17, 15) is 9.36 Å². The molecule has 2 N–H and O–H groups in total. The second-order valence-corrected chi connectivity index (χ2v) is 4.61. The Kier molecular flexibility index (Phi) is 5.17. The van der Waals surface area contributed by atoms with E-state index in [1.807, 2.05) is 0 Å². The van der Waals surface area contributed by atoms with E-state index in [0.717, 1.165) is 12.0 Å². The van der Waals surface area contributed by atoms with Gasteiger partial charge < -0.3 is 19.4 Å². The topological polar surface area (TPSA) is 87.1 Å². The van der Waals surface area contributed by atoms with E-state index < -0.39 is 20.2 Å². The zero-order valence-electron chi connectivity index (χ0n) is 7.63. The minimum Gasteiger partial charge on any atom is -0.376 e. The van der Waals surface area contributed by atoms with Crippen molar-refractivity contribution in [1.29, 1.82) is 0 Å². The number of amides is 1. The number of nitrogens with zero attached hydrogens (tertiary/aromatic N) is 1. The number of hydrogen-bond donors (Lipinski definition) is 2. The molecule has 0 bridgehead atoms. The zero-order chi connectivity index (χ0) is 10.5. The molecule has 0 spiro atoms. The maximum Gasteiger partial charge on any atom is 0.328 e. The van der Waals surface area contributed by atoms with Crippen LogP contribution >= 0.6 is 7.60 Å². The predicted molar refractivity (Wildman–Crippen MR) is 46.2 cm³/mol. The number of hydrogen-bond acceptors (Lipinski definition) is 4. The van der Waals surface area contributed by atoms with Crippen LogP contribution in [-0.4, -0.2) is 47.9 Å². The van der Waals surface area contributed by atoms with E-state index in [2.05, 4.69) is 4.52 Å². The number of aliphatic hydroxyl groups excluding tert-OH is 1. The molecule has 0 saturated carbocycles. The van der Waals surface area contributed by atoms with Crippen LogP contribution in [0.4, 0.5) is 0 Å². The average molecular weight is 211 g/mol. The van der Waals surface area contributed by atoms with Crippen LogP contribution in [-0.2, 0) is 13.9 Å². The summed E-state index contributed by atoms with van der Waals surface area (Å²) in [6.07, 6.45) is -0.342. The lowest BCUT2D eigenvalue weighted by Gasteiger charge is -2.14. The van der Waals surface area contributed by atoms with Gasteiger partial charge in [0.2, 0.25) is 5.91 Å². The molecular formula is C6H14NO5P. The fourth-order valence-corrected chi connectivity index (χ4v) is 1.25. The van der Waals surface area contributed by atoms with Gasteiger partial charge in [-0.3, -0.25) is 9.36 Å². The van der Waals surface area contributed by atoms with Gasteiger partial charge in [-0.15, -0.1) is 0 Å². The third-order valence-electron chi connectivity index (χ3n) is 1.53. The van der Waals surface area contributed by atoms with Crippen LogP contribution in [0.15, 0.2) is 0 Å². The van der Waals surface area contributed by atoms with Crippen LogP contribution in [0.25, 0.3) is 0 Å². The molecule has 7 heteroatoms. The summed E-state index contributed by atoms with van der Waals surface area (Å²) in [6.45, 7) is -0.401. The smallest absolute Gasteiger partial charge is 0.328 e. The summed E-state index contributed by atoms with van der Waals surface area (Å²) in [6, 6.07) is 0. The van der Waals surface area contributed by atoms with Crippen LogP contribution in [0.3, 0.4) is 0 Å². The normalized spacial score (nSPS) is 15.1. The minimum absolute atomic E-state index is 0.112. The Balaban J connectivity index is 3.90. The SMILES string of the molecule is COP(=O)(O)CCC(=O)N(C)CO. The van der Waals surface area contributed by atoms with Crippen LogP contribution in [0.1, 0.15) is 6.42 Å². The summed E-state index contributed by atoms with van der Waals surface area (Å²) >= 11 is 0. The number of carbonyl (C=O) groups is 1. The van der Waals surface area contributed by atoms with Gasteiger partial charge in [0, 0.05) is 20.6 Å². The van der Waals surface area contributed by atoms with Crippen molar-refractivity contribution >= 4 is 13.5 Å². The highest BCUT2D eigenvalue weighted by Gasteiger charge is 2.19. The third-order valence-corrected chi connectivity index (χ3v) is 2.89. The minimum atomic E-state index is -3.61. The summed E-state index contributed by atoms with van der Waals surface area (Å²) < 4.78 is 15.2. The first-order chi connectivity index (χ1) is 5.93. The molecule has 0 aromatic carbocycles. The van der Waals surface area contributed by atoms with Crippen molar-refractivity contribution in [2.24, 2.45) is 0 Å². The molecule has 0 aromatic rings. The Morgan fingerprint density at radius 2 is 2.15 bits per heavy atom. The summed E-state index contributed by atoms with van der Waals surface area (Å²) in [4.78, 5) is 21.0. The number of carbonyl (C=O) groups excluding carboxylic acids is 1. The molecule has 0 aliphatic carbocycles. The Morgan fingerprint density at radius 3 is 2.54 bits per heavy atom. The van der Waals surface area contributed by atoms with Gasteiger partial charge in [0.05, 0.1) is 6.16 Å². The van der Waals surface area contributed by atoms with Gasteiger partial charge in [0.1, 0.15) is 6.73 Å². The first kappa shape index (κ1) is 12.6. The highest BCUT2D eigenvalue weighted by Crippen LogP contribution is 2.41. The molecule has 0 radical (unpaired) electrons. The van der Waals surface area contributed by atoms with E-state index in [0.29, 0.717) is 0 Å². The van der Waals surface area contributed by atoms with Gasteiger partial charge in [0.15, 0.2) is 0 Å². The van der Waals surface area contributed by atoms with Crippen LogP contribution < -0.4 is 0 Å². The Morgan fingerprint density at radius 1 is 1.62 bits per heavy atom. The van der Waals surface area contributed by atoms with Gasteiger partial charge in [-0.1, -0.05) is 0 Å². The standard InChI is InChI=1S/C6H14NO5P/c1-7(5-8)6(9)3-4-13(10,11)12-2/h8H,3-5H2,1-2H3,(H,10,11). The van der Waals surface area contributed by atoms with Gasteiger partial charge in [0.25, 0.3) is 0 Å². The molecule has 6 nitrogen and oxygen atoms in total. The molecule has 0 fully saturated rings. The Bertz CT molecular complexity index is 219. The first-order valence-corrected chi connectivity index (χ1v) is 5.41. The lowest BCUT2D eigenvalue weighted by atomic mass is 10.4. The third kappa shape index (κ3) is 5.00. The van der Waals surface area contributed by atoms with E-state index >= 15 is 0 Å². The fraction of sp³-hybridized carbons (Fsp3) is 0.833. The second kappa shape index (κ2) is 5.34. The van der Waals surface area contributed by atoms with E-state index in [4.69, 9.17) is 10.00 Å². The molecule has 13 heavy (non-hydrogen) atoms. The van der Waals surface area contributed by atoms with Crippen molar-refractivity contribution in [1.82, 2.24) is 4.90 Å². The van der Waals surface area contributed by atoms with Crippen LogP contribution in [0.5, 0.6) is 0 Å². The van der Waals surface area contributed by atoms with Crippen molar-refractivity contribution in [3.05, 3.63) is 0 Å². The van der Waals surface area contributed by atoms with Crippen molar-refractivity contribution in [2.75, 3.05) is 27.1 Å². The molecule has 1 unspecified atom stereocenters. The van der Waals surface area contributed by atoms with Crippen LogP contribution in [0, 0.1) is 0 Å². The lowest BCUT2D eigenvalue weighted by molar-refractivity contribution is -0.132. The highest BCUT2D eigenvalue weighted by atomic mass is 31.2. The summed E-state index contributed by atoms with van der Waals surface area (Å²) in [5.41, 5.74) is 0. The molecule has 0 rings (SSSR count). The molecular weight excluding hydrogens is 197 g/mol. The molecule has 0 aliphatic heterocycles. The largest absolute Gasteiger partial charge is 0.376 e. The quantitative estimate of drug-likeness (QED) is 0.478. The van der Waals surface area contributed by atoms with E-state index in [1.54, 1.807) is 0 Å². The van der Waals surface area contributed by atoms with Crippen LogP contribution in [0.2, 0.25) is 0 Å². The Labute approximate surface area is 76.7 Å². The molecule has 0 aromatic heterocycles. The maximum absolute atomic E-state index is 11.0. The van der Waals surface area contributed by atoms with Gasteiger partial charge in [-0.25, -0.2) is 0 Å². The molecule has 1 amide bonds. The fourth-order valence-electron chi connectivity index (χ4n) is 0.598. The lowest BCUT2D eigenvalue weighted by Crippen LogP contribution is -2.27. The van der Waals surface area contributed by atoms with Crippen molar-refractivity contribution < 1.29 is 23.9 Å². The average Bonchev–Trinajstić information content (AvgIpc) is 2.13. The summed E-state index contributed by atoms with van der Waals surface area (Å²) in [5.74, 6) is -0.395. The zero-order valence-corrected chi connectivity index (χ0v) is 8.53. The second-order valence-electron chi connectivity index (χ2n) is 2.53. The predicted octanol–water partition coefficient (Wildman–Crippen LogP) is -0.384. The molecule has 0 saturated heterocycles. The maximum atomic E-state index is 11.0. The van der Waals surface area contributed by atoms with E-state index in [1.165, 1.54) is 7.05 Å². The van der Waals surface area contributed by atoms with Gasteiger partial charge in [-0.2, -0.15) is 0 Å². The van der Waals surface area contributed by atoms with Crippen molar-refractivity contribution in [3.8, 4) is 0 Å². The highest BCUT2D eigenvalue weighted by molar-refractivity contribution is 7.52. The number of rotatable bonds is 5. The van der Waals surface area contributed by atoms with Crippen molar-refractivity contribution in [3.63, 3.8) is 0 Å². The monoisotopic (exact) mass is 211 g/mol.